The van der Waals surface area contributed by atoms with E-state index in [1.165, 1.54) is 19.0 Å². The molecule has 2 N–H and O–H groups in total. The molecule has 0 unspecified atom stereocenters. The summed E-state index contributed by atoms with van der Waals surface area (Å²) in [5, 5.41) is 12.3. The lowest BCUT2D eigenvalue weighted by Crippen LogP contribution is -2.25. The van der Waals surface area contributed by atoms with E-state index in [2.05, 4.69) is 17.2 Å². The number of aromatic carboxylic acids is 1. The second kappa shape index (κ2) is 5.17. The van der Waals surface area contributed by atoms with E-state index in [0.29, 0.717) is 6.04 Å². The summed E-state index contributed by atoms with van der Waals surface area (Å²) in [5.74, 6) is -0.161. The number of rotatable bonds is 3. The van der Waals surface area contributed by atoms with Crippen molar-refractivity contribution in [1.82, 2.24) is 4.98 Å². The second-order valence-corrected chi connectivity index (χ2v) is 4.84. The third kappa shape index (κ3) is 3.19. The minimum absolute atomic E-state index is 0.0965. The molecule has 0 saturated heterocycles. The molecule has 1 aliphatic rings. The first-order valence-electron chi connectivity index (χ1n) is 6.11. The van der Waals surface area contributed by atoms with Gasteiger partial charge in [0.25, 0.3) is 0 Å². The Morgan fingerprint density at radius 3 is 2.76 bits per heavy atom. The highest BCUT2D eigenvalue weighted by atomic mass is 16.4. The van der Waals surface area contributed by atoms with Gasteiger partial charge in [0.15, 0.2) is 0 Å². The molecule has 0 atom stereocenters. The van der Waals surface area contributed by atoms with Crippen molar-refractivity contribution >= 4 is 11.7 Å². The second-order valence-electron chi connectivity index (χ2n) is 4.84. The number of nitrogens with zero attached hydrogens (tertiary/aromatic N) is 1. The minimum atomic E-state index is -0.981. The average molecular weight is 234 g/mol. The number of carbonyl (C=O) groups is 1. The summed E-state index contributed by atoms with van der Waals surface area (Å²) in [6, 6.07) is 3.89. The van der Waals surface area contributed by atoms with Crippen molar-refractivity contribution in [3.8, 4) is 0 Å². The number of carboxylic acid groups (broad SMARTS) is 1. The molecule has 1 aromatic heterocycles. The number of aromatic nitrogens is 1. The van der Waals surface area contributed by atoms with Crippen LogP contribution in [0.25, 0.3) is 0 Å². The van der Waals surface area contributed by atoms with Crippen LogP contribution in [0.2, 0.25) is 0 Å². The van der Waals surface area contributed by atoms with Gasteiger partial charge in [-0.3, -0.25) is 0 Å². The van der Waals surface area contributed by atoms with E-state index >= 15 is 0 Å². The lowest BCUT2D eigenvalue weighted by molar-refractivity contribution is 0.0690. The molecule has 1 fully saturated rings. The SMILES string of the molecule is CC1CCC(Nc2ccnc(C(=O)O)c2)CC1. The smallest absolute Gasteiger partial charge is 0.354 e. The number of anilines is 1. The number of hydrogen-bond acceptors (Lipinski definition) is 3. The van der Waals surface area contributed by atoms with E-state index < -0.39 is 5.97 Å². The molecule has 1 aliphatic carbocycles. The van der Waals surface area contributed by atoms with Gasteiger partial charge in [0.05, 0.1) is 0 Å². The van der Waals surface area contributed by atoms with Crippen molar-refractivity contribution in [3.05, 3.63) is 24.0 Å². The number of nitrogens with one attached hydrogen (secondary N) is 1. The minimum Gasteiger partial charge on any atom is -0.477 e. The summed E-state index contributed by atoms with van der Waals surface area (Å²) in [4.78, 5) is 14.6. The van der Waals surface area contributed by atoms with Gasteiger partial charge in [-0.25, -0.2) is 9.78 Å². The van der Waals surface area contributed by atoms with Gasteiger partial charge < -0.3 is 10.4 Å². The van der Waals surface area contributed by atoms with E-state index in [1.807, 2.05) is 6.07 Å². The average Bonchev–Trinajstić information content (AvgIpc) is 2.32. The van der Waals surface area contributed by atoms with Crippen LogP contribution < -0.4 is 5.32 Å². The lowest BCUT2D eigenvalue weighted by atomic mass is 9.87. The van der Waals surface area contributed by atoms with Crippen LogP contribution in [-0.4, -0.2) is 22.1 Å². The summed E-state index contributed by atoms with van der Waals surface area (Å²) in [6.07, 6.45) is 6.35. The molecule has 0 spiro atoms. The lowest BCUT2D eigenvalue weighted by Gasteiger charge is -2.27. The largest absolute Gasteiger partial charge is 0.477 e. The molecule has 2 rings (SSSR count). The maximum atomic E-state index is 10.8. The normalized spacial score (nSPS) is 24.3. The maximum Gasteiger partial charge on any atom is 0.354 e. The van der Waals surface area contributed by atoms with Crippen LogP contribution in [-0.2, 0) is 0 Å². The quantitative estimate of drug-likeness (QED) is 0.844. The monoisotopic (exact) mass is 234 g/mol. The van der Waals surface area contributed by atoms with Crippen molar-refractivity contribution < 1.29 is 9.90 Å². The van der Waals surface area contributed by atoms with Crippen molar-refractivity contribution in [2.45, 2.75) is 38.6 Å². The van der Waals surface area contributed by atoms with Gasteiger partial charge in [-0.2, -0.15) is 0 Å². The van der Waals surface area contributed by atoms with Crippen LogP contribution in [0.4, 0.5) is 5.69 Å². The van der Waals surface area contributed by atoms with Crippen LogP contribution in [0, 0.1) is 5.92 Å². The molecule has 92 valence electrons. The topological polar surface area (TPSA) is 62.2 Å². The standard InChI is InChI=1S/C13H18N2O2/c1-9-2-4-10(5-3-9)15-11-6-7-14-12(8-11)13(16)17/h6-10H,2-5H2,1H3,(H,14,15)(H,16,17). The molecule has 0 bridgehead atoms. The summed E-state index contributed by atoms with van der Waals surface area (Å²) < 4.78 is 0. The van der Waals surface area contributed by atoms with Crippen molar-refractivity contribution in [2.24, 2.45) is 5.92 Å². The van der Waals surface area contributed by atoms with Crippen molar-refractivity contribution in [2.75, 3.05) is 5.32 Å². The number of carboxylic acids is 1. The van der Waals surface area contributed by atoms with E-state index in [1.54, 1.807) is 6.07 Å². The molecule has 0 radical (unpaired) electrons. The fourth-order valence-corrected chi connectivity index (χ4v) is 2.28. The molecule has 4 heteroatoms. The summed E-state index contributed by atoms with van der Waals surface area (Å²) in [6.45, 7) is 2.28. The van der Waals surface area contributed by atoms with Gasteiger partial charge >= 0.3 is 5.97 Å². The Morgan fingerprint density at radius 1 is 1.41 bits per heavy atom. The Morgan fingerprint density at radius 2 is 2.12 bits per heavy atom. The van der Waals surface area contributed by atoms with Gasteiger partial charge in [-0.15, -0.1) is 0 Å². The first-order chi connectivity index (χ1) is 8.15. The Labute approximate surface area is 101 Å². The molecule has 1 aromatic rings. The molecule has 0 aromatic carbocycles. The zero-order valence-electron chi connectivity index (χ0n) is 10.0. The van der Waals surface area contributed by atoms with Crippen molar-refractivity contribution in [1.29, 1.82) is 0 Å². The Balaban J connectivity index is 1.98. The molecule has 1 heterocycles. The van der Waals surface area contributed by atoms with Crippen molar-refractivity contribution in [3.63, 3.8) is 0 Å². The molecular formula is C13H18N2O2. The van der Waals surface area contributed by atoms with Gasteiger partial charge in [0.1, 0.15) is 5.69 Å². The first kappa shape index (κ1) is 11.9. The highest BCUT2D eigenvalue weighted by molar-refractivity contribution is 5.86. The fourth-order valence-electron chi connectivity index (χ4n) is 2.28. The Kier molecular flexibility index (Phi) is 3.61. The molecular weight excluding hydrogens is 216 g/mol. The molecule has 1 saturated carbocycles. The summed E-state index contributed by atoms with van der Waals surface area (Å²) in [7, 11) is 0. The predicted molar refractivity (Wildman–Crippen MR) is 66.2 cm³/mol. The Hall–Kier alpha value is -1.58. The zero-order valence-corrected chi connectivity index (χ0v) is 10.0. The van der Waals surface area contributed by atoms with Crippen LogP contribution in [0.5, 0.6) is 0 Å². The third-order valence-corrected chi connectivity index (χ3v) is 3.37. The molecule has 4 nitrogen and oxygen atoms in total. The molecule has 17 heavy (non-hydrogen) atoms. The van der Waals surface area contributed by atoms with E-state index in [4.69, 9.17) is 5.11 Å². The van der Waals surface area contributed by atoms with Crippen LogP contribution in [0.1, 0.15) is 43.1 Å². The highest BCUT2D eigenvalue weighted by Crippen LogP contribution is 2.25. The number of hydrogen-bond donors (Lipinski definition) is 2. The van der Waals surface area contributed by atoms with E-state index in [0.717, 1.165) is 24.4 Å². The zero-order chi connectivity index (χ0) is 12.3. The third-order valence-electron chi connectivity index (χ3n) is 3.37. The molecule has 0 amide bonds. The summed E-state index contributed by atoms with van der Waals surface area (Å²) in [5.41, 5.74) is 0.955. The first-order valence-corrected chi connectivity index (χ1v) is 6.11. The highest BCUT2D eigenvalue weighted by Gasteiger charge is 2.18. The predicted octanol–water partition coefficient (Wildman–Crippen LogP) is 2.77. The van der Waals surface area contributed by atoms with Gasteiger partial charge in [0.2, 0.25) is 0 Å². The van der Waals surface area contributed by atoms with E-state index in [9.17, 15) is 4.79 Å². The van der Waals surface area contributed by atoms with Gasteiger partial charge in [-0.1, -0.05) is 6.92 Å². The van der Waals surface area contributed by atoms with E-state index in [-0.39, 0.29) is 5.69 Å². The fraction of sp³-hybridized carbons (Fsp3) is 0.538. The number of pyridine rings is 1. The van der Waals surface area contributed by atoms with Crippen LogP contribution in [0.3, 0.4) is 0 Å². The van der Waals surface area contributed by atoms with Gasteiger partial charge in [0, 0.05) is 17.9 Å². The molecule has 0 aliphatic heterocycles. The van der Waals surface area contributed by atoms with Crippen LogP contribution in [0.15, 0.2) is 18.3 Å². The Bertz CT molecular complexity index is 398. The summed E-state index contributed by atoms with van der Waals surface area (Å²) >= 11 is 0. The van der Waals surface area contributed by atoms with Crippen LogP contribution >= 0.6 is 0 Å². The van der Waals surface area contributed by atoms with Gasteiger partial charge in [-0.05, 0) is 43.7 Å². The maximum absolute atomic E-state index is 10.8.